The Labute approximate surface area is 392 Å². The molecule has 9 nitrogen and oxygen atoms in total. The molecule has 1 rings (SSSR count). The predicted molar refractivity (Wildman–Crippen MR) is 265 cm³/mol. The third kappa shape index (κ3) is 36.3. The van der Waals surface area contributed by atoms with Crippen molar-refractivity contribution in [1.29, 1.82) is 0 Å². The second kappa shape index (κ2) is 46.3. The highest BCUT2D eigenvalue weighted by molar-refractivity contribution is 5.69. The third-order valence-electron chi connectivity index (χ3n) is 12.2. The van der Waals surface area contributed by atoms with Gasteiger partial charge in [-0.3, -0.25) is 4.79 Å². The first-order valence-electron chi connectivity index (χ1n) is 26.7. The van der Waals surface area contributed by atoms with Gasteiger partial charge in [0.1, 0.15) is 30.5 Å². The van der Waals surface area contributed by atoms with Crippen molar-refractivity contribution in [2.45, 2.75) is 269 Å². The summed E-state index contributed by atoms with van der Waals surface area (Å²) in [4.78, 5) is 12.8. The van der Waals surface area contributed by atoms with E-state index in [9.17, 15) is 25.2 Å². The summed E-state index contributed by atoms with van der Waals surface area (Å²) in [5.41, 5.74) is 0. The van der Waals surface area contributed by atoms with Gasteiger partial charge in [-0.2, -0.15) is 0 Å². The van der Waals surface area contributed by atoms with E-state index in [0.29, 0.717) is 13.0 Å². The molecule has 0 bridgehead atoms. The highest BCUT2D eigenvalue weighted by atomic mass is 16.7. The number of hydrogen-bond acceptors (Lipinski definition) is 9. The van der Waals surface area contributed by atoms with E-state index in [1.807, 2.05) is 0 Å². The fraction of sp³-hybridized carbons (Fsp3) is 0.836. The van der Waals surface area contributed by atoms with Crippen LogP contribution in [0.4, 0.5) is 0 Å². The van der Waals surface area contributed by atoms with Gasteiger partial charge in [-0.15, -0.1) is 0 Å². The quantitative estimate of drug-likeness (QED) is 0.0267. The normalized spacial score (nSPS) is 19.9. The minimum absolute atomic E-state index is 0.118. The molecule has 6 unspecified atom stereocenters. The van der Waals surface area contributed by atoms with E-state index in [0.717, 1.165) is 57.8 Å². The number of allylic oxidation sites excluding steroid dienone is 8. The van der Waals surface area contributed by atoms with E-state index in [1.165, 1.54) is 154 Å². The van der Waals surface area contributed by atoms with E-state index >= 15 is 0 Å². The summed E-state index contributed by atoms with van der Waals surface area (Å²) >= 11 is 0. The molecule has 9 heteroatoms. The molecule has 0 aliphatic carbocycles. The number of esters is 1. The molecule has 4 N–H and O–H groups in total. The van der Waals surface area contributed by atoms with Gasteiger partial charge in [0.15, 0.2) is 6.29 Å². The number of carbonyl (C=O) groups is 1. The van der Waals surface area contributed by atoms with Crippen LogP contribution in [0.5, 0.6) is 0 Å². The first-order chi connectivity index (χ1) is 31.4. The minimum atomic E-state index is -1.54. The Bertz CT molecular complexity index is 1120. The second-order valence-electron chi connectivity index (χ2n) is 18.3. The molecule has 0 spiro atoms. The standard InChI is InChI=1S/C55H100O9/c1-3-5-7-9-11-13-15-17-19-20-21-22-23-24-25-26-27-28-29-31-33-35-37-39-41-43-45-61-47-49(48-62-55-54(60)53(59)52(58)50(46-56)64-55)63-51(57)44-42-40-38-36-34-32-30-18-16-14-12-10-8-6-4-2/h15,17-18,20-21,23-24,30,49-50,52-56,58-60H,3-14,16,19,22,25-29,31-48H2,1-2H3/b17-15-,21-20-,24-23-,30-18-. The summed E-state index contributed by atoms with van der Waals surface area (Å²) in [6.45, 7) is 4.54. The second-order valence-corrected chi connectivity index (χ2v) is 18.3. The lowest BCUT2D eigenvalue weighted by atomic mass is 9.99. The van der Waals surface area contributed by atoms with E-state index in [4.69, 9.17) is 18.9 Å². The summed E-state index contributed by atoms with van der Waals surface area (Å²) < 4.78 is 22.9. The van der Waals surface area contributed by atoms with Crippen molar-refractivity contribution in [3.63, 3.8) is 0 Å². The third-order valence-corrected chi connectivity index (χ3v) is 12.2. The van der Waals surface area contributed by atoms with E-state index < -0.39 is 43.4 Å². The number of aliphatic hydroxyl groups excluding tert-OH is 4. The summed E-state index contributed by atoms with van der Waals surface area (Å²) in [6, 6.07) is 0. The molecule has 1 aliphatic rings. The maximum atomic E-state index is 12.8. The zero-order valence-corrected chi connectivity index (χ0v) is 41.3. The van der Waals surface area contributed by atoms with Crippen molar-refractivity contribution in [2.75, 3.05) is 26.4 Å². The van der Waals surface area contributed by atoms with Crippen molar-refractivity contribution in [1.82, 2.24) is 0 Å². The van der Waals surface area contributed by atoms with E-state index in [1.54, 1.807) is 0 Å². The van der Waals surface area contributed by atoms with Crippen LogP contribution < -0.4 is 0 Å². The molecule has 0 saturated carbocycles. The monoisotopic (exact) mass is 905 g/mol. The summed E-state index contributed by atoms with van der Waals surface area (Å²) in [7, 11) is 0. The molecule has 0 amide bonds. The molecule has 0 radical (unpaired) electrons. The molecule has 6 atom stereocenters. The van der Waals surface area contributed by atoms with Crippen molar-refractivity contribution in [3.8, 4) is 0 Å². The molecule has 0 aromatic carbocycles. The SMILES string of the molecule is CCCCCCC/C=C\C/C=C\C/C=C\CCCCCCCCCCCCCOCC(COC1OC(CO)C(O)C(O)C1O)OC(=O)CCCCCCC/C=C\CCCCCCCC. The van der Waals surface area contributed by atoms with Crippen LogP contribution in [0.3, 0.4) is 0 Å². The number of unbranched alkanes of at least 4 members (excludes halogenated alkanes) is 27. The fourth-order valence-corrected chi connectivity index (χ4v) is 8.02. The lowest BCUT2D eigenvalue weighted by Gasteiger charge is -2.39. The van der Waals surface area contributed by atoms with Gasteiger partial charge in [0.25, 0.3) is 0 Å². The molecule has 0 aromatic heterocycles. The van der Waals surface area contributed by atoms with Gasteiger partial charge < -0.3 is 39.4 Å². The van der Waals surface area contributed by atoms with Crippen LogP contribution in [0.1, 0.15) is 232 Å². The first-order valence-corrected chi connectivity index (χ1v) is 26.7. The fourth-order valence-electron chi connectivity index (χ4n) is 8.02. The molecular weight excluding hydrogens is 805 g/mol. The number of aliphatic hydroxyl groups is 4. The van der Waals surface area contributed by atoms with Crippen LogP contribution in [0, 0.1) is 0 Å². The summed E-state index contributed by atoms with van der Waals surface area (Å²) in [6.07, 6.45) is 51.5. The van der Waals surface area contributed by atoms with Crippen LogP contribution in [0.25, 0.3) is 0 Å². The Morgan fingerprint density at radius 3 is 1.38 bits per heavy atom. The molecule has 64 heavy (non-hydrogen) atoms. The molecule has 374 valence electrons. The average molecular weight is 905 g/mol. The van der Waals surface area contributed by atoms with Crippen LogP contribution in [-0.2, 0) is 23.7 Å². The highest BCUT2D eigenvalue weighted by Gasteiger charge is 2.44. The van der Waals surface area contributed by atoms with Crippen molar-refractivity contribution < 1.29 is 44.2 Å². The van der Waals surface area contributed by atoms with Crippen LogP contribution >= 0.6 is 0 Å². The predicted octanol–water partition coefficient (Wildman–Crippen LogP) is 13.3. The Kier molecular flexibility index (Phi) is 43.5. The van der Waals surface area contributed by atoms with Gasteiger partial charge in [0.05, 0.1) is 19.8 Å². The molecular formula is C55H100O9. The van der Waals surface area contributed by atoms with Gasteiger partial charge in [-0.05, 0) is 77.0 Å². The van der Waals surface area contributed by atoms with Gasteiger partial charge >= 0.3 is 5.97 Å². The lowest BCUT2D eigenvalue weighted by molar-refractivity contribution is -0.305. The Balaban J connectivity index is 2.17. The molecule has 1 aliphatic heterocycles. The molecule has 1 fully saturated rings. The van der Waals surface area contributed by atoms with Crippen LogP contribution in [0.15, 0.2) is 48.6 Å². The van der Waals surface area contributed by atoms with Crippen LogP contribution in [-0.4, -0.2) is 89.6 Å². The van der Waals surface area contributed by atoms with Crippen LogP contribution in [0.2, 0.25) is 0 Å². The smallest absolute Gasteiger partial charge is 0.306 e. The lowest BCUT2D eigenvalue weighted by Crippen LogP contribution is -2.59. The van der Waals surface area contributed by atoms with Gasteiger partial charge in [0.2, 0.25) is 0 Å². The maximum Gasteiger partial charge on any atom is 0.306 e. The first kappa shape index (κ1) is 60.2. The maximum absolute atomic E-state index is 12.8. The Morgan fingerprint density at radius 1 is 0.500 bits per heavy atom. The molecule has 1 heterocycles. The van der Waals surface area contributed by atoms with Crippen molar-refractivity contribution >= 4 is 5.97 Å². The van der Waals surface area contributed by atoms with Gasteiger partial charge in [-0.25, -0.2) is 0 Å². The molecule has 1 saturated heterocycles. The number of hydrogen-bond donors (Lipinski definition) is 4. The van der Waals surface area contributed by atoms with Crippen molar-refractivity contribution in [3.05, 3.63) is 48.6 Å². The zero-order chi connectivity index (χ0) is 46.4. The van der Waals surface area contributed by atoms with E-state index in [-0.39, 0.29) is 19.2 Å². The Hall–Kier alpha value is -1.85. The highest BCUT2D eigenvalue weighted by Crippen LogP contribution is 2.23. The largest absolute Gasteiger partial charge is 0.457 e. The Morgan fingerprint density at radius 2 is 0.906 bits per heavy atom. The summed E-state index contributed by atoms with van der Waals surface area (Å²) in [5.74, 6) is -0.322. The zero-order valence-electron chi connectivity index (χ0n) is 41.3. The van der Waals surface area contributed by atoms with Gasteiger partial charge in [0, 0.05) is 13.0 Å². The van der Waals surface area contributed by atoms with E-state index in [2.05, 4.69) is 62.5 Å². The van der Waals surface area contributed by atoms with Crippen molar-refractivity contribution in [2.24, 2.45) is 0 Å². The van der Waals surface area contributed by atoms with Gasteiger partial charge in [-0.1, -0.05) is 197 Å². The topological polar surface area (TPSA) is 135 Å². The molecule has 0 aromatic rings. The minimum Gasteiger partial charge on any atom is -0.457 e. The average Bonchev–Trinajstić information content (AvgIpc) is 3.30. The number of ether oxygens (including phenoxy) is 4. The number of rotatable bonds is 46. The summed E-state index contributed by atoms with van der Waals surface area (Å²) in [5, 5.41) is 40.2. The number of carbonyl (C=O) groups excluding carboxylic acids is 1.